The van der Waals surface area contributed by atoms with Crippen molar-refractivity contribution in [1.29, 1.82) is 0 Å². The number of amides is 1. The molecular weight excluding hydrogens is 462 g/mol. The molecule has 1 aliphatic rings. The van der Waals surface area contributed by atoms with Gasteiger partial charge in [0.1, 0.15) is 17.4 Å². The minimum Gasteiger partial charge on any atom is -0.480 e. The Bertz CT molecular complexity index is 1330. The van der Waals surface area contributed by atoms with Gasteiger partial charge in [0.25, 0.3) is 15.9 Å². The number of hydrogen-bond donors (Lipinski definition) is 1. The average Bonchev–Trinajstić information content (AvgIpc) is 2.93. The zero-order chi connectivity index (χ0) is 24.5. The molecule has 0 aliphatic carbocycles. The summed E-state index contributed by atoms with van der Waals surface area (Å²) in [6, 6.07) is 14.3. The van der Waals surface area contributed by atoms with Crippen molar-refractivity contribution in [1.82, 2.24) is 4.90 Å². The predicted octanol–water partition coefficient (Wildman–Crippen LogP) is 4.77. The van der Waals surface area contributed by atoms with Gasteiger partial charge in [0.05, 0.1) is 4.90 Å². The summed E-state index contributed by atoms with van der Waals surface area (Å²) in [4.78, 5) is 14.5. The third-order valence-electron chi connectivity index (χ3n) is 5.64. The molecule has 34 heavy (non-hydrogen) atoms. The molecule has 1 unspecified atom stereocenters. The van der Waals surface area contributed by atoms with Gasteiger partial charge in [-0.05, 0) is 66.9 Å². The molecule has 3 aromatic rings. The van der Waals surface area contributed by atoms with Crippen molar-refractivity contribution in [3.63, 3.8) is 0 Å². The predicted molar refractivity (Wildman–Crippen MR) is 124 cm³/mol. The lowest BCUT2D eigenvalue weighted by atomic mass is 10.1. The lowest BCUT2D eigenvalue weighted by Gasteiger charge is -2.23. The smallest absolute Gasteiger partial charge is 0.264 e. The fraction of sp³-hybridized carbons (Fsp3) is 0.240. The van der Waals surface area contributed by atoms with Gasteiger partial charge in [-0.3, -0.25) is 9.52 Å². The molecule has 0 fully saturated rings. The van der Waals surface area contributed by atoms with E-state index < -0.39 is 21.9 Å². The Hall–Kier alpha value is -3.46. The fourth-order valence-corrected chi connectivity index (χ4v) is 4.79. The van der Waals surface area contributed by atoms with E-state index in [-0.39, 0.29) is 35.4 Å². The maximum absolute atomic E-state index is 13.9. The molecule has 178 valence electrons. The van der Waals surface area contributed by atoms with E-state index in [1.165, 1.54) is 30.3 Å². The van der Waals surface area contributed by atoms with Crippen LogP contribution in [-0.4, -0.2) is 25.3 Å². The number of anilines is 1. The first kappa shape index (κ1) is 23.7. The molecule has 6 nitrogen and oxygen atoms in total. The van der Waals surface area contributed by atoms with Gasteiger partial charge in [-0.25, -0.2) is 17.2 Å². The van der Waals surface area contributed by atoms with Gasteiger partial charge in [-0.2, -0.15) is 0 Å². The molecule has 0 spiro atoms. The van der Waals surface area contributed by atoms with Crippen molar-refractivity contribution in [2.75, 3.05) is 4.72 Å². The second kappa shape index (κ2) is 9.42. The van der Waals surface area contributed by atoms with E-state index in [4.69, 9.17) is 4.74 Å². The maximum Gasteiger partial charge on any atom is 0.264 e. The number of rotatable bonds is 6. The summed E-state index contributed by atoms with van der Waals surface area (Å²) in [5, 5.41) is 0. The Morgan fingerprint density at radius 2 is 1.79 bits per heavy atom. The number of benzene rings is 3. The molecule has 1 atom stereocenters. The topological polar surface area (TPSA) is 75.7 Å². The molecule has 3 aromatic carbocycles. The quantitative estimate of drug-likeness (QED) is 0.545. The van der Waals surface area contributed by atoms with Crippen LogP contribution in [0.25, 0.3) is 0 Å². The van der Waals surface area contributed by atoms with Gasteiger partial charge in [-0.15, -0.1) is 0 Å². The van der Waals surface area contributed by atoms with Crippen molar-refractivity contribution in [3.05, 3.63) is 89.0 Å². The number of carbonyl (C=O) groups is 1. The third kappa shape index (κ3) is 5.04. The Kier molecular flexibility index (Phi) is 6.56. The van der Waals surface area contributed by atoms with Crippen molar-refractivity contribution >= 4 is 21.6 Å². The molecule has 1 heterocycles. The first-order chi connectivity index (χ1) is 16.2. The van der Waals surface area contributed by atoms with Crippen molar-refractivity contribution in [2.45, 2.75) is 44.4 Å². The minimum atomic E-state index is -4.03. The number of sulfonamides is 1. The van der Waals surface area contributed by atoms with E-state index in [9.17, 15) is 22.0 Å². The summed E-state index contributed by atoms with van der Waals surface area (Å²) < 4.78 is 61.1. The van der Waals surface area contributed by atoms with E-state index >= 15 is 0 Å². The molecular formula is C25H24F2N2O4S. The Morgan fingerprint density at radius 1 is 1.06 bits per heavy atom. The van der Waals surface area contributed by atoms with E-state index in [1.54, 1.807) is 36.1 Å². The van der Waals surface area contributed by atoms with E-state index in [1.807, 2.05) is 6.92 Å². The summed E-state index contributed by atoms with van der Waals surface area (Å²) in [6.07, 6.45) is -0.245. The zero-order valence-corrected chi connectivity index (χ0v) is 19.5. The Labute approximate surface area is 197 Å². The van der Waals surface area contributed by atoms with E-state index in [2.05, 4.69) is 4.72 Å². The van der Waals surface area contributed by atoms with Gasteiger partial charge in [0.15, 0.2) is 6.10 Å². The van der Waals surface area contributed by atoms with Gasteiger partial charge in [-0.1, -0.05) is 25.1 Å². The largest absolute Gasteiger partial charge is 0.480 e. The number of aryl methyl sites for hydroxylation is 1. The number of nitrogens with zero attached hydrogens (tertiary/aromatic N) is 1. The van der Waals surface area contributed by atoms with Crippen LogP contribution in [0.1, 0.15) is 30.0 Å². The van der Waals surface area contributed by atoms with Crippen molar-refractivity contribution in [2.24, 2.45) is 0 Å². The van der Waals surface area contributed by atoms with Crippen LogP contribution in [0.3, 0.4) is 0 Å². The number of nitrogens with one attached hydrogen (secondary N) is 1. The minimum absolute atomic E-state index is 0.177. The SMILES string of the molecule is CCC1Oc2ccc(NS(=O)(=O)c3ccc(C)c(F)c3)cc2CN(Cc2ccc(F)cc2)C1=O. The van der Waals surface area contributed by atoms with E-state index in [0.717, 1.165) is 11.6 Å². The molecule has 0 aromatic heterocycles. The summed E-state index contributed by atoms with van der Waals surface area (Å²) in [5.74, 6) is -0.707. The number of ether oxygens (including phenoxy) is 1. The summed E-state index contributed by atoms with van der Waals surface area (Å²) in [6.45, 7) is 3.81. The lowest BCUT2D eigenvalue weighted by molar-refractivity contribution is -0.139. The van der Waals surface area contributed by atoms with Crippen molar-refractivity contribution < 1.29 is 26.7 Å². The molecule has 0 saturated heterocycles. The highest BCUT2D eigenvalue weighted by atomic mass is 32.2. The maximum atomic E-state index is 13.9. The first-order valence-corrected chi connectivity index (χ1v) is 12.3. The molecule has 1 amide bonds. The molecule has 1 aliphatic heterocycles. The van der Waals surface area contributed by atoms with Crippen LogP contribution >= 0.6 is 0 Å². The number of carbonyl (C=O) groups excluding carboxylic acids is 1. The molecule has 0 radical (unpaired) electrons. The molecule has 0 bridgehead atoms. The monoisotopic (exact) mass is 486 g/mol. The van der Waals surface area contributed by atoms with Gasteiger partial charge >= 0.3 is 0 Å². The normalized spacial score (nSPS) is 15.9. The Balaban J connectivity index is 1.62. The molecule has 9 heteroatoms. The van der Waals surface area contributed by atoms with E-state index in [0.29, 0.717) is 23.3 Å². The molecule has 0 saturated carbocycles. The highest BCUT2D eigenvalue weighted by Crippen LogP contribution is 2.31. The lowest BCUT2D eigenvalue weighted by Crippen LogP contribution is -2.38. The van der Waals surface area contributed by atoms with Crippen LogP contribution in [-0.2, 0) is 27.9 Å². The molecule has 1 N–H and O–H groups in total. The molecule has 4 rings (SSSR count). The number of halogens is 2. The average molecular weight is 487 g/mol. The Morgan fingerprint density at radius 3 is 2.47 bits per heavy atom. The van der Waals surface area contributed by atoms with Gasteiger partial charge in [0, 0.05) is 24.3 Å². The summed E-state index contributed by atoms with van der Waals surface area (Å²) in [5.41, 5.74) is 1.97. The second-order valence-electron chi connectivity index (χ2n) is 8.17. The standard InChI is InChI=1S/C25H24F2N2O4S/c1-3-23-25(30)29(14-17-5-7-19(26)8-6-17)15-18-12-20(9-11-24(18)33-23)28-34(31,32)21-10-4-16(2)22(27)13-21/h4-13,23,28H,3,14-15H2,1-2H3. The van der Waals surface area contributed by atoms with Crippen LogP contribution in [0.2, 0.25) is 0 Å². The number of fused-ring (bicyclic) bond motifs is 1. The van der Waals surface area contributed by atoms with Crippen LogP contribution in [0.4, 0.5) is 14.5 Å². The van der Waals surface area contributed by atoms with Crippen LogP contribution < -0.4 is 9.46 Å². The van der Waals surface area contributed by atoms with Crippen molar-refractivity contribution in [3.8, 4) is 5.75 Å². The second-order valence-corrected chi connectivity index (χ2v) is 9.86. The number of hydrogen-bond acceptors (Lipinski definition) is 4. The van der Waals surface area contributed by atoms with Gasteiger partial charge < -0.3 is 9.64 Å². The summed E-state index contributed by atoms with van der Waals surface area (Å²) >= 11 is 0. The van der Waals surface area contributed by atoms with Crippen LogP contribution in [0.15, 0.2) is 65.6 Å². The summed E-state index contributed by atoms with van der Waals surface area (Å²) in [7, 11) is -4.03. The van der Waals surface area contributed by atoms with Crippen LogP contribution in [0, 0.1) is 18.6 Å². The highest BCUT2D eigenvalue weighted by Gasteiger charge is 2.30. The zero-order valence-electron chi connectivity index (χ0n) is 18.7. The van der Waals surface area contributed by atoms with Crippen LogP contribution in [0.5, 0.6) is 5.75 Å². The fourth-order valence-electron chi connectivity index (χ4n) is 3.73. The van der Waals surface area contributed by atoms with Gasteiger partial charge in [0.2, 0.25) is 0 Å². The highest BCUT2D eigenvalue weighted by molar-refractivity contribution is 7.92. The third-order valence-corrected chi connectivity index (χ3v) is 7.02. The first-order valence-electron chi connectivity index (χ1n) is 10.8.